The number of rotatable bonds is 4. The second-order valence-electron chi connectivity index (χ2n) is 4.47. The van der Waals surface area contributed by atoms with E-state index >= 15 is 0 Å². The van der Waals surface area contributed by atoms with Gasteiger partial charge < -0.3 is 16.2 Å². The van der Waals surface area contributed by atoms with Crippen molar-refractivity contribution in [2.24, 2.45) is 0 Å². The second kappa shape index (κ2) is 5.75. The summed E-state index contributed by atoms with van der Waals surface area (Å²) in [5.74, 6) is -0.290. The van der Waals surface area contributed by atoms with Crippen molar-refractivity contribution >= 4 is 17.3 Å². The van der Waals surface area contributed by atoms with Crippen molar-refractivity contribution < 1.29 is 9.90 Å². The van der Waals surface area contributed by atoms with Gasteiger partial charge in [-0.25, -0.2) is 0 Å². The van der Waals surface area contributed by atoms with Gasteiger partial charge in [0.05, 0.1) is 18.0 Å². The summed E-state index contributed by atoms with van der Waals surface area (Å²) in [7, 11) is 0. The number of aromatic nitrogens is 2. The Balaban J connectivity index is 2.23. The number of aliphatic hydroxyl groups excluding tert-OH is 1. The Bertz CT molecular complexity index is 617. The first-order chi connectivity index (χ1) is 9.56. The SMILES string of the molecule is CCn1nc(C)c(N)c1C(=O)Nc1ccc(CO)cc1. The number of nitrogen functional groups attached to an aromatic ring is 1. The van der Waals surface area contributed by atoms with Gasteiger partial charge in [0, 0.05) is 12.2 Å². The molecular formula is C14H18N4O2. The molecule has 0 aliphatic heterocycles. The molecule has 0 saturated heterocycles. The van der Waals surface area contributed by atoms with E-state index in [4.69, 9.17) is 10.8 Å². The standard InChI is InChI=1S/C14H18N4O2/c1-3-18-13(12(15)9(2)17-18)14(20)16-11-6-4-10(8-19)5-7-11/h4-7,19H,3,8,15H2,1-2H3,(H,16,20). The molecule has 2 rings (SSSR count). The molecule has 6 heteroatoms. The average molecular weight is 274 g/mol. The van der Waals surface area contributed by atoms with Crippen LogP contribution < -0.4 is 11.1 Å². The Labute approximate surface area is 117 Å². The molecule has 6 nitrogen and oxygen atoms in total. The summed E-state index contributed by atoms with van der Waals surface area (Å²) < 4.78 is 1.59. The maximum Gasteiger partial charge on any atom is 0.276 e. The number of hydrogen-bond donors (Lipinski definition) is 3. The number of nitrogens with two attached hydrogens (primary N) is 1. The van der Waals surface area contributed by atoms with Gasteiger partial charge in [0.25, 0.3) is 5.91 Å². The van der Waals surface area contributed by atoms with Crippen molar-refractivity contribution in [3.05, 3.63) is 41.2 Å². The lowest BCUT2D eigenvalue weighted by Gasteiger charge is -2.08. The minimum Gasteiger partial charge on any atom is -0.395 e. The fourth-order valence-corrected chi connectivity index (χ4v) is 1.95. The smallest absolute Gasteiger partial charge is 0.276 e. The van der Waals surface area contributed by atoms with E-state index in [-0.39, 0.29) is 12.5 Å². The number of aryl methyl sites for hydroxylation is 2. The zero-order valence-electron chi connectivity index (χ0n) is 11.6. The number of anilines is 2. The van der Waals surface area contributed by atoms with Gasteiger partial charge in [-0.3, -0.25) is 9.48 Å². The van der Waals surface area contributed by atoms with E-state index in [2.05, 4.69) is 10.4 Å². The lowest BCUT2D eigenvalue weighted by atomic mass is 10.2. The van der Waals surface area contributed by atoms with Gasteiger partial charge in [0.2, 0.25) is 0 Å². The van der Waals surface area contributed by atoms with Gasteiger partial charge in [-0.05, 0) is 31.5 Å². The molecule has 0 spiro atoms. The Morgan fingerprint density at radius 1 is 1.40 bits per heavy atom. The summed E-state index contributed by atoms with van der Waals surface area (Å²) in [6.45, 7) is 4.22. The molecule has 106 valence electrons. The molecule has 0 saturated carbocycles. The van der Waals surface area contributed by atoms with E-state index in [0.717, 1.165) is 5.56 Å². The zero-order valence-corrected chi connectivity index (χ0v) is 11.6. The van der Waals surface area contributed by atoms with Gasteiger partial charge in [-0.15, -0.1) is 0 Å². The fraction of sp³-hybridized carbons (Fsp3) is 0.286. The predicted octanol–water partition coefficient (Wildman–Crippen LogP) is 1.54. The van der Waals surface area contributed by atoms with Gasteiger partial charge in [-0.1, -0.05) is 12.1 Å². The fourth-order valence-electron chi connectivity index (χ4n) is 1.95. The van der Waals surface area contributed by atoms with Crippen LogP contribution in [-0.2, 0) is 13.2 Å². The Kier molecular flexibility index (Phi) is 4.05. The molecule has 0 fully saturated rings. The first kappa shape index (κ1) is 14.1. The normalized spacial score (nSPS) is 10.6. The average Bonchev–Trinajstić information content (AvgIpc) is 2.75. The molecule has 1 aromatic carbocycles. The summed E-state index contributed by atoms with van der Waals surface area (Å²) in [5, 5.41) is 16.0. The van der Waals surface area contributed by atoms with Crippen LogP contribution in [0.1, 0.15) is 28.7 Å². The largest absolute Gasteiger partial charge is 0.395 e. The number of amides is 1. The third-order valence-corrected chi connectivity index (χ3v) is 3.08. The molecule has 0 aliphatic carbocycles. The molecule has 0 atom stereocenters. The third kappa shape index (κ3) is 2.65. The third-order valence-electron chi connectivity index (χ3n) is 3.08. The van der Waals surface area contributed by atoms with Crippen LogP contribution in [0.4, 0.5) is 11.4 Å². The Morgan fingerprint density at radius 3 is 2.60 bits per heavy atom. The van der Waals surface area contributed by atoms with E-state index in [1.54, 1.807) is 35.9 Å². The topological polar surface area (TPSA) is 93.2 Å². The van der Waals surface area contributed by atoms with Crippen LogP contribution in [0.15, 0.2) is 24.3 Å². The Morgan fingerprint density at radius 2 is 2.05 bits per heavy atom. The van der Waals surface area contributed by atoms with Crippen molar-refractivity contribution in [2.75, 3.05) is 11.1 Å². The highest BCUT2D eigenvalue weighted by molar-refractivity contribution is 6.06. The van der Waals surface area contributed by atoms with Crippen molar-refractivity contribution in [1.82, 2.24) is 9.78 Å². The van der Waals surface area contributed by atoms with Crippen molar-refractivity contribution in [2.45, 2.75) is 27.0 Å². The maximum atomic E-state index is 12.3. The lowest BCUT2D eigenvalue weighted by Crippen LogP contribution is -2.18. The number of benzene rings is 1. The summed E-state index contributed by atoms with van der Waals surface area (Å²) in [6, 6.07) is 6.97. The van der Waals surface area contributed by atoms with Gasteiger partial charge in [0.1, 0.15) is 5.69 Å². The first-order valence-corrected chi connectivity index (χ1v) is 6.40. The van der Waals surface area contributed by atoms with E-state index in [1.807, 2.05) is 6.92 Å². The zero-order chi connectivity index (χ0) is 14.7. The molecule has 1 amide bonds. The quantitative estimate of drug-likeness (QED) is 0.788. The minimum absolute atomic E-state index is 0.0248. The number of nitrogens with one attached hydrogen (secondary N) is 1. The summed E-state index contributed by atoms with van der Waals surface area (Å²) in [5.41, 5.74) is 8.75. The van der Waals surface area contributed by atoms with Crippen LogP contribution in [0.2, 0.25) is 0 Å². The monoisotopic (exact) mass is 274 g/mol. The van der Waals surface area contributed by atoms with E-state index < -0.39 is 0 Å². The summed E-state index contributed by atoms with van der Waals surface area (Å²) in [4.78, 5) is 12.3. The molecule has 20 heavy (non-hydrogen) atoms. The summed E-state index contributed by atoms with van der Waals surface area (Å²) >= 11 is 0. The highest BCUT2D eigenvalue weighted by Gasteiger charge is 2.19. The van der Waals surface area contributed by atoms with Crippen molar-refractivity contribution in [1.29, 1.82) is 0 Å². The van der Waals surface area contributed by atoms with E-state index in [0.29, 0.717) is 29.3 Å². The second-order valence-corrected chi connectivity index (χ2v) is 4.47. The Hall–Kier alpha value is -2.34. The highest BCUT2D eigenvalue weighted by atomic mass is 16.3. The van der Waals surface area contributed by atoms with Crippen LogP contribution in [0.25, 0.3) is 0 Å². The number of aliphatic hydroxyl groups is 1. The number of carbonyl (C=O) groups excluding carboxylic acids is 1. The molecule has 0 radical (unpaired) electrons. The van der Waals surface area contributed by atoms with Crippen LogP contribution in [0.3, 0.4) is 0 Å². The molecule has 0 aliphatic rings. The number of carbonyl (C=O) groups is 1. The van der Waals surface area contributed by atoms with E-state index in [9.17, 15) is 4.79 Å². The molecule has 0 bridgehead atoms. The van der Waals surface area contributed by atoms with Crippen LogP contribution in [0.5, 0.6) is 0 Å². The van der Waals surface area contributed by atoms with Crippen molar-refractivity contribution in [3.63, 3.8) is 0 Å². The molecule has 1 aromatic heterocycles. The van der Waals surface area contributed by atoms with E-state index in [1.165, 1.54) is 0 Å². The van der Waals surface area contributed by atoms with Crippen molar-refractivity contribution in [3.8, 4) is 0 Å². The molecule has 1 heterocycles. The van der Waals surface area contributed by atoms with Gasteiger partial charge in [0.15, 0.2) is 0 Å². The molecule has 2 aromatic rings. The maximum absolute atomic E-state index is 12.3. The van der Waals surface area contributed by atoms with Gasteiger partial charge >= 0.3 is 0 Å². The number of nitrogens with zero attached hydrogens (tertiary/aromatic N) is 2. The first-order valence-electron chi connectivity index (χ1n) is 6.40. The molecule has 0 unspecified atom stereocenters. The number of hydrogen-bond acceptors (Lipinski definition) is 4. The molecular weight excluding hydrogens is 256 g/mol. The predicted molar refractivity (Wildman–Crippen MR) is 77.4 cm³/mol. The minimum atomic E-state index is -0.290. The summed E-state index contributed by atoms with van der Waals surface area (Å²) in [6.07, 6.45) is 0. The highest BCUT2D eigenvalue weighted by Crippen LogP contribution is 2.18. The lowest BCUT2D eigenvalue weighted by molar-refractivity contribution is 0.101. The van der Waals surface area contributed by atoms with Crippen LogP contribution >= 0.6 is 0 Å². The molecule has 4 N–H and O–H groups in total. The van der Waals surface area contributed by atoms with Crippen LogP contribution in [0, 0.1) is 6.92 Å². The van der Waals surface area contributed by atoms with Gasteiger partial charge in [-0.2, -0.15) is 5.10 Å². The van der Waals surface area contributed by atoms with Crippen LogP contribution in [-0.4, -0.2) is 20.8 Å².